The fraction of sp³-hybridized carbons (Fsp3) is 1.00. The van der Waals surface area contributed by atoms with Crippen LogP contribution in [0.1, 0.15) is 13.3 Å². The molecule has 3 atom stereocenters. The van der Waals surface area contributed by atoms with Crippen LogP contribution >= 0.6 is 11.8 Å². The highest BCUT2D eigenvalue weighted by molar-refractivity contribution is 8.00. The molecule has 2 rings (SSSR count). The average molecular weight is 265 g/mol. The predicted molar refractivity (Wildman–Crippen MR) is 66.6 cm³/mol. The third-order valence-corrected chi connectivity index (χ3v) is 6.46. The van der Waals surface area contributed by atoms with Gasteiger partial charge in [-0.3, -0.25) is 4.90 Å². The molecule has 2 saturated heterocycles. The van der Waals surface area contributed by atoms with E-state index in [0.29, 0.717) is 5.25 Å². The van der Waals surface area contributed by atoms with Crippen LogP contribution in [0.5, 0.6) is 0 Å². The Morgan fingerprint density at radius 2 is 2.19 bits per heavy atom. The van der Waals surface area contributed by atoms with Gasteiger partial charge in [-0.2, -0.15) is 11.8 Å². The maximum Gasteiger partial charge on any atom is 0.154 e. The molecule has 6 heteroatoms. The van der Waals surface area contributed by atoms with Crippen LogP contribution in [0.3, 0.4) is 0 Å². The summed E-state index contributed by atoms with van der Waals surface area (Å²) in [4.78, 5) is 2.17. The Labute approximate surface area is 101 Å². The van der Waals surface area contributed by atoms with Gasteiger partial charge in [0.05, 0.1) is 23.7 Å². The van der Waals surface area contributed by atoms with Crippen LogP contribution in [0.25, 0.3) is 0 Å². The van der Waals surface area contributed by atoms with E-state index >= 15 is 0 Å². The van der Waals surface area contributed by atoms with Crippen molar-refractivity contribution in [1.29, 1.82) is 0 Å². The summed E-state index contributed by atoms with van der Waals surface area (Å²) in [5.41, 5.74) is 0. The summed E-state index contributed by atoms with van der Waals surface area (Å²) in [6, 6.07) is -0.167. The van der Waals surface area contributed by atoms with Crippen LogP contribution < -0.4 is 0 Å². The average Bonchev–Trinajstić information content (AvgIpc) is 2.52. The zero-order chi connectivity index (χ0) is 11.8. The second-order valence-corrected chi connectivity index (χ2v) is 8.17. The van der Waals surface area contributed by atoms with Crippen molar-refractivity contribution in [2.24, 2.45) is 0 Å². The molecule has 0 aromatic carbocycles. The van der Waals surface area contributed by atoms with E-state index in [4.69, 9.17) is 0 Å². The molecule has 2 heterocycles. The molecule has 1 N–H and O–H groups in total. The molecule has 0 aromatic rings. The van der Waals surface area contributed by atoms with Crippen molar-refractivity contribution in [3.8, 4) is 0 Å². The summed E-state index contributed by atoms with van der Waals surface area (Å²) in [5, 5.41) is 10.4. The molecule has 0 saturated carbocycles. The van der Waals surface area contributed by atoms with Crippen molar-refractivity contribution in [2.45, 2.75) is 30.7 Å². The highest BCUT2D eigenvalue weighted by Crippen LogP contribution is 2.26. The molecule has 94 valence electrons. The third kappa shape index (κ3) is 2.72. The molecule has 0 spiro atoms. The van der Waals surface area contributed by atoms with E-state index in [1.165, 1.54) is 0 Å². The van der Waals surface area contributed by atoms with E-state index in [1.807, 2.05) is 11.8 Å². The number of nitrogens with zero attached hydrogens (tertiary/aromatic N) is 1. The molecule has 2 aliphatic rings. The molecule has 0 amide bonds. The van der Waals surface area contributed by atoms with Crippen LogP contribution in [-0.2, 0) is 9.84 Å². The minimum Gasteiger partial charge on any atom is -0.390 e. The van der Waals surface area contributed by atoms with Gasteiger partial charge in [-0.15, -0.1) is 0 Å². The molecule has 2 aliphatic heterocycles. The Hall–Kier alpha value is 0.220. The summed E-state index contributed by atoms with van der Waals surface area (Å²) < 4.78 is 22.9. The van der Waals surface area contributed by atoms with Gasteiger partial charge in [0.1, 0.15) is 0 Å². The van der Waals surface area contributed by atoms with Crippen molar-refractivity contribution >= 4 is 21.6 Å². The molecule has 0 bridgehead atoms. The van der Waals surface area contributed by atoms with Gasteiger partial charge in [-0.25, -0.2) is 8.42 Å². The minimum absolute atomic E-state index is 0.0574. The summed E-state index contributed by atoms with van der Waals surface area (Å²) in [6.45, 7) is 3.97. The number of sulfone groups is 1. The van der Waals surface area contributed by atoms with Crippen LogP contribution in [-0.4, -0.2) is 66.2 Å². The Morgan fingerprint density at radius 3 is 2.75 bits per heavy atom. The molecule has 0 aromatic heterocycles. The molecule has 3 unspecified atom stereocenters. The lowest BCUT2D eigenvalue weighted by atomic mass is 10.1. The lowest BCUT2D eigenvalue weighted by Gasteiger charge is -2.36. The molecular formula is C10H19NO3S2. The van der Waals surface area contributed by atoms with Gasteiger partial charge in [-0.1, -0.05) is 6.92 Å². The number of hydrogen-bond acceptors (Lipinski definition) is 5. The molecule has 16 heavy (non-hydrogen) atoms. The zero-order valence-electron chi connectivity index (χ0n) is 9.50. The zero-order valence-corrected chi connectivity index (χ0v) is 11.1. The quantitative estimate of drug-likeness (QED) is 0.760. The van der Waals surface area contributed by atoms with Gasteiger partial charge in [0.2, 0.25) is 0 Å². The van der Waals surface area contributed by atoms with Gasteiger partial charge >= 0.3 is 0 Å². The number of hydrogen-bond donors (Lipinski definition) is 1. The van der Waals surface area contributed by atoms with Crippen LogP contribution in [0, 0.1) is 0 Å². The highest BCUT2D eigenvalue weighted by atomic mass is 32.2. The maximum atomic E-state index is 11.5. The molecule has 0 radical (unpaired) electrons. The first-order valence-electron chi connectivity index (χ1n) is 5.76. The monoisotopic (exact) mass is 265 g/mol. The summed E-state index contributed by atoms with van der Waals surface area (Å²) in [5.74, 6) is 1.12. The lowest BCUT2D eigenvalue weighted by molar-refractivity contribution is 0.0851. The normalized spacial score (nSPS) is 40.0. The third-order valence-electron chi connectivity index (χ3n) is 3.39. The highest BCUT2D eigenvalue weighted by Gasteiger charge is 2.41. The van der Waals surface area contributed by atoms with Crippen LogP contribution in [0.2, 0.25) is 0 Å². The Morgan fingerprint density at radius 1 is 1.44 bits per heavy atom. The summed E-state index contributed by atoms with van der Waals surface area (Å²) >= 11 is 1.95. The lowest BCUT2D eigenvalue weighted by Crippen LogP contribution is -2.49. The van der Waals surface area contributed by atoms with Gasteiger partial charge in [0.15, 0.2) is 9.84 Å². The van der Waals surface area contributed by atoms with E-state index in [2.05, 4.69) is 11.8 Å². The van der Waals surface area contributed by atoms with Gasteiger partial charge in [-0.05, 0) is 6.42 Å². The Balaban J connectivity index is 2.02. The fourth-order valence-electron chi connectivity index (χ4n) is 2.45. The predicted octanol–water partition coefficient (Wildman–Crippen LogP) is -0.0283. The first-order valence-corrected chi connectivity index (χ1v) is 8.63. The van der Waals surface area contributed by atoms with Gasteiger partial charge in [0, 0.05) is 24.1 Å². The van der Waals surface area contributed by atoms with Crippen molar-refractivity contribution < 1.29 is 13.5 Å². The van der Waals surface area contributed by atoms with E-state index in [1.54, 1.807) is 0 Å². The first kappa shape index (κ1) is 12.7. The van der Waals surface area contributed by atoms with Crippen LogP contribution in [0.15, 0.2) is 0 Å². The molecular weight excluding hydrogens is 246 g/mol. The second kappa shape index (κ2) is 4.84. The number of thioether (sulfide) groups is 1. The molecule has 0 aliphatic carbocycles. The van der Waals surface area contributed by atoms with E-state index < -0.39 is 15.9 Å². The van der Waals surface area contributed by atoms with E-state index in [9.17, 15) is 13.5 Å². The Kier molecular flexibility index (Phi) is 3.83. The SMILES string of the molecule is CCC1CN(C2CS(=O)(=O)CC2O)CCS1. The second-order valence-electron chi connectivity index (χ2n) is 4.61. The number of rotatable bonds is 2. The van der Waals surface area contributed by atoms with E-state index in [0.717, 1.165) is 25.3 Å². The molecule has 2 fully saturated rings. The fourth-order valence-corrected chi connectivity index (χ4v) is 5.49. The standard InChI is InChI=1S/C10H19NO3S2/c1-2-8-5-11(3-4-15-8)9-6-16(13,14)7-10(9)12/h8-10,12H,2-7H2,1H3. The largest absolute Gasteiger partial charge is 0.390 e. The van der Waals surface area contributed by atoms with E-state index in [-0.39, 0.29) is 17.5 Å². The van der Waals surface area contributed by atoms with Crippen molar-refractivity contribution in [3.05, 3.63) is 0 Å². The summed E-state index contributed by atoms with van der Waals surface area (Å²) in [6.07, 6.45) is 0.419. The molecule has 4 nitrogen and oxygen atoms in total. The van der Waals surface area contributed by atoms with Gasteiger partial charge in [0.25, 0.3) is 0 Å². The van der Waals surface area contributed by atoms with Crippen molar-refractivity contribution in [2.75, 3.05) is 30.3 Å². The maximum absolute atomic E-state index is 11.5. The summed E-state index contributed by atoms with van der Waals surface area (Å²) in [7, 11) is -3.02. The first-order chi connectivity index (χ1) is 7.52. The Bertz CT molecular complexity index is 344. The van der Waals surface area contributed by atoms with Crippen molar-refractivity contribution in [3.63, 3.8) is 0 Å². The topological polar surface area (TPSA) is 57.6 Å². The van der Waals surface area contributed by atoms with Crippen LogP contribution in [0.4, 0.5) is 0 Å². The number of aliphatic hydroxyl groups excluding tert-OH is 1. The number of aliphatic hydroxyl groups is 1. The van der Waals surface area contributed by atoms with Gasteiger partial charge < -0.3 is 5.11 Å². The van der Waals surface area contributed by atoms with Crippen molar-refractivity contribution in [1.82, 2.24) is 4.90 Å². The minimum atomic E-state index is -3.02. The smallest absolute Gasteiger partial charge is 0.154 e.